The Morgan fingerprint density at radius 2 is 1.88 bits per heavy atom. The quantitative estimate of drug-likeness (QED) is 0.549. The average molecular weight is 189 g/mol. The molecule has 0 saturated heterocycles. The van der Waals surface area contributed by atoms with Crippen LogP contribution in [-0.4, -0.2) is 6.18 Å². The predicted molar refractivity (Wildman–Crippen MR) is 28.7 cm³/mol. The molecule has 48 valence electrons. The van der Waals surface area contributed by atoms with E-state index >= 15 is 0 Å². The van der Waals surface area contributed by atoms with Gasteiger partial charge in [0.15, 0.2) is 0 Å². The summed E-state index contributed by atoms with van der Waals surface area (Å²) in [5, 5.41) is 0. The average Bonchev–Trinajstić information content (AvgIpc) is 1.62. The van der Waals surface area contributed by atoms with Gasteiger partial charge in [-0.2, -0.15) is 13.2 Å². The van der Waals surface area contributed by atoms with Crippen LogP contribution in [0.25, 0.3) is 0 Å². The highest BCUT2D eigenvalue weighted by Crippen LogP contribution is 2.25. The third kappa shape index (κ3) is 2.35. The Morgan fingerprint density at radius 1 is 1.50 bits per heavy atom. The Bertz CT molecular complexity index is 102. The lowest BCUT2D eigenvalue weighted by Gasteiger charge is -2.02. The number of allylic oxidation sites excluding steroid dienone is 1. The third-order valence-corrected chi connectivity index (χ3v) is 1.30. The summed E-state index contributed by atoms with van der Waals surface area (Å²) in [5.74, 6) is 0. The van der Waals surface area contributed by atoms with Gasteiger partial charge >= 0.3 is 6.18 Å². The normalized spacial score (nSPS) is 14.4. The first kappa shape index (κ1) is 8.01. The molecule has 0 rings (SSSR count). The van der Waals surface area contributed by atoms with E-state index in [1.807, 2.05) is 0 Å². The van der Waals surface area contributed by atoms with Crippen LogP contribution < -0.4 is 0 Å². The minimum atomic E-state index is -4.18. The first-order chi connectivity index (χ1) is 3.48. The molecule has 0 nitrogen and oxygen atoms in total. The predicted octanol–water partition coefficient (Wildman–Crippen LogP) is 2.85. The van der Waals surface area contributed by atoms with Gasteiger partial charge < -0.3 is 0 Å². The molecule has 0 radical (unpaired) electrons. The van der Waals surface area contributed by atoms with Crippen molar-refractivity contribution in [3.05, 3.63) is 10.6 Å². The monoisotopic (exact) mass is 188 g/mol. The summed E-state index contributed by atoms with van der Waals surface area (Å²) in [5.41, 5.74) is -0.627. The van der Waals surface area contributed by atoms with E-state index in [1.54, 1.807) is 0 Å². The maximum Gasteiger partial charge on any atom is 0.412 e. The molecule has 0 spiro atoms. The van der Waals surface area contributed by atoms with E-state index in [9.17, 15) is 13.2 Å². The van der Waals surface area contributed by atoms with Crippen LogP contribution in [0.3, 0.4) is 0 Å². The zero-order chi connectivity index (χ0) is 6.78. The Kier molecular flexibility index (Phi) is 2.53. The van der Waals surface area contributed by atoms with Crippen molar-refractivity contribution in [1.29, 1.82) is 0 Å². The Balaban J connectivity index is 4.03. The molecule has 8 heavy (non-hydrogen) atoms. The minimum Gasteiger partial charge on any atom is -0.166 e. The topological polar surface area (TPSA) is 0 Å². The fourth-order valence-corrected chi connectivity index (χ4v) is 0.321. The number of hydrogen-bond donors (Lipinski definition) is 0. The highest BCUT2D eigenvalue weighted by Gasteiger charge is 2.29. The molecule has 0 amide bonds. The summed E-state index contributed by atoms with van der Waals surface area (Å²) in [7, 11) is 0. The van der Waals surface area contributed by atoms with Gasteiger partial charge in [-0.25, -0.2) is 0 Å². The second-order valence-corrected chi connectivity index (χ2v) is 1.75. The van der Waals surface area contributed by atoms with Gasteiger partial charge in [-0.05, 0) is 11.9 Å². The molecule has 0 atom stereocenters. The second-order valence-electron chi connectivity index (χ2n) is 1.29. The van der Waals surface area contributed by atoms with E-state index in [0.29, 0.717) is 0 Å². The van der Waals surface area contributed by atoms with Crippen LogP contribution in [0.1, 0.15) is 6.92 Å². The van der Waals surface area contributed by atoms with E-state index in [-0.39, 0.29) is 0 Å². The molecule has 0 aliphatic heterocycles. The molecular formula is C4H4BrF3. The maximum atomic E-state index is 11.4. The van der Waals surface area contributed by atoms with Crippen molar-refractivity contribution in [1.82, 2.24) is 0 Å². The van der Waals surface area contributed by atoms with Crippen molar-refractivity contribution >= 4 is 15.9 Å². The van der Waals surface area contributed by atoms with Crippen LogP contribution >= 0.6 is 15.9 Å². The van der Waals surface area contributed by atoms with Gasteiger partial charge in [0.1, 0.15) is 0 Å². The fraction of sp³-hybridized carbons (Fsp3) is 0.500. The Morgan fingerprint density at radius 3 is 1.88 bits per heavy atom. The van der Waals surface area contributed by atoms with E-state index in [4.69, 9.17) is 0 Å². The largest absolute Gasteiger partial charge is 0.412 e. The van der Waals surface area contributed by atoms with E-state index in [2.05, 4.69) is 15.9 Å². The molecule has 0 aromatic heterocycles. The molecule has 0 N–H and O–H groups in total. The van der Waals surface area contributed by atoms with Gasteiger partial charge in [0.05, 0.1) is 0 Å². The van der Waals surface area contributed by atoms with Gasteiger partial charge in [0.25, 0.3) is 0 Å². The summed E-state index contributed by atoms with van der Waals surface area (Å²) >= 11 is 2.57. The second kappa shape index (κ2) is 2.53. The van der Waals surface area contributed by atoms with Crippen molar-refractivity contribution in [3.8, 4) is 0 Å². The van der Waals surface area contributed by atoms with Crippen molar-refractivity contribution in [2.24, 2.45) is 0 Å². The molecule has 0 bridgehead atoms. The molecule has 0 heterocycles. The lowest BCUT2D eigenvalue weighted by atomic mass is 10.3. The van der Waals surface area contributed by atoms with Crippen LogP contribution in [0.2, 0.25) is 0 Å². The van der Waals surface area contributed by atoms with Crippen molar-refractivity contribution in [2.75, 3.05) is 0 Å². The molecule has 0 aromatic rings. The summed E-state index contributed by atoms with van der Waals surface area (Å²) in [6, 6.07) is 0. The fourth-order valence-electron chi connectivity index (χ4n) is 0.0619. The summed E-state index contributed by atoms with van der Waals surface area (Å²) in [4.78, 5) is 0.854. The summed E-state index contributed by atoms with van der Waals surface area (Å²) < 4.78 is 34.1. The number of hydrogen-bond acceptors (Lipinski definition) is 0. The highest BCUT2D eigenvalue weighted by molar-refractivity contribution is 9.11. The standard InChI is InChI=1S/C4H4BrF3/c1-3(2-5)4(6,7)8/h2H,1H3. The lowest BCUT2D eigenvalue weighted by molar-refractivity contribution is -0.0910. The van der Waals surface area contributed by atoms with E-state index in [0.717, 1.165) is 11.9 Å². The Labute approximate surface area is 53.5 Å². The molecule has 0 aromatic carbocycles. The third-order valence-electron chi connectivity index (χ3n) is 0.611. The summed E-state index contributed by atoms with van der Waals surface area (Å²) in [6.45, 7) is 0.995. The van der Waals surface area contributed by atoms with Gasteiger partial charge in [-0.15, -0.1) is 0 Å². The van der Waals surface area contributed by atoms with Crippen molar-refractivity contribution < 1.29 is 13.2 Å². The molecule has 0 unspecified atom stereocenters. The molecular weight excluding hydrogens is 185 g/mol. The Hall–Kier alpha value is 0.01000. The lowest BCUT2D eigenvalue weighted by Crippen LogP contribution is -2.07. The molecule has 0 fully saturated rings. The molecule has 0 aliphatic rings. The number of halogens is 4. The number of rotatable bonds is 0. The molecule has 4 heteroatoms. The zero-order valence-corrected chi connectivity index (χ0v) is 5.68. The van der Waals surface area contributed by atoms with Crippen molar-refractivity contribution in [2.45, 2.75) is 13.1 Å². The van der Waals surface area contributed by atoms with Gasteiger partial charge in [-0.1, -0.05) is 15.9 Å². The van der Waals surface area contributed by atoms with Crippen LogP contribution in [0, 0.1) is 0 Å². The van der Waals surface area contributed by atoms with Crippen LogP contribution in [-0.2, 0) is 0 Å². The molecule has 0 aliphatic carbocycles. The van der Waals surface area contributed by atoms with Crippen LogP contribution in [0.5, 0.6) is 0 Å². The van der Waals surface area contributed by atoms with Gasteiger partial charge in [0.2, 0.25) is 0 Å². The maximum absolute atomic E-state index is 11.4. The van der Waals surface area contributed by atoms with E-state index < -0.39 is 11.7 Å². The van der Waals surface area contributed by atoms with Crippen molar-refractivity contribution in [3.63, 3.8) is 0 Å². The molecule has 0 saturated carbocycles. The smallest absolute Gasteiger partial charge is 0.166 e. The van der Waals surface area contributed by atoms with Gasteiger partial charge in [0, 0.05) is 5.57 Å². The van der Waals surface area contributed by atoms with Crippen LogP contribution in [0.15, 0.2) is 10.6 Å². The van der Waals surface area contributed by atoms with Crippen LogP contribution in [0.4, 0.5) is 13.2 Å². The van der Waals surface area contributed by atoms with E-state index in [1.165, 1.54) is 0 Å². The van der Waals surface area contributed by atoms with Gasteiger partial charge in [-0.3, -0.25) is 0 Å². The first-order valence-electron chi connectivity index (χ1n) is 1.82. The summed E-state index contributed by atoms with van der Waals surface area (Å²) in [6.07, 6.45) is -4.18. The highest BCUT2D eigenvalue weighted by atomic mass is 79.9. The zero-order valence-electron chi connectivity index (χ0n) is 4.09. The minimum absolute atomic E-state index is 0.627. The SMILES string of the molecule is CC(=CBr)C(F)(F)F. The number of alkyl halides is 3. The first-order valence-corrected chi connectivity index (χ1v) is 2.74.